The summed E-state index contributed by atoms with van der Waals surface area (Å²) in [6, 6.07) is 16.8. The lowest BCUT2D eigenvalue weighted by Crippen LogP contribution is -2.29. The molecule has 34 heavy (non-hydrogen) atoms. The molecule has 0 saturated heterocycles. The Morgan fingerprint density at radius 3 is 2.21 bits per heavy atom. The quantitative estimate of drug-likeness (QED) is 0.478. The van der Waals surface area contributed by atoms with Gasteiger partial charge in [0.25, 0.3) is 5.91 Å². The zero-order valence-corrected chi connectivity index (χ0v) is 19.5. The van der Waals surface area contributed by atoms with Gasteiger partial charge in [-0.05, 0) is 66.9 Å². The van der Waals surface area contributed by atoms with Gasteiger partial charge in [-0.15, -0.1) is 13.2 Å². The number of alkyl halides is 3. The molecule has 3 aromatic rings. The Labute approximate surface area is 196 Å². The topological polar surface area (TPSA) is 75.7 Å². The molecular formula is C24H23F3N2O4S. The van der Waals surface area contributed by atoms with Gasteiger partial charge in [0, 0.05) is 5.69 Å². The summed E-state index contributed by atoms with van der Waals surface area (Å²) in [5.41, 5.74) is 3.24. The van der Waals surface area contributed by atoms with E-state index in [2.05, 4.69) is 10.1 Å². The summed E-state index contributed by atoms with van der Waals surface area (Å²) in [5.74, 6) is -1.39. The first-order chi connectivity index (χ1) is 15.8. The maximum absolute atomic E-state index is 12.6. The molecule has 0 aliphatic rings. The molecule has 0 saturated carbocycles. The SMILES string of the molecule is Cc1ccc(N(Cc2ccc(NC(=O)c3ccccc3OC(F)(F)F)cc2)S(C)(=O)=O)cc1C. The number of halogens is 3. The molecule has 0 bridgehead atoms. The molecule has 0 unspecified atom stereocenters. The van der Waals surface area contributed by atoms with Crippen molar-refractivity contribution in [3.63, 3.8) is 0 Å². The fourth-order valence-electron chi connectivity index (χ4n) is 3.21. The molecule has 0 fully saturated rings. The summed E-state index contributed by atoms with van der Waals surface area (Å²) in [6.07, 6.45) is -3.81. The van der Waals surface area contributed by atoms with E-state index >= 15 is 0 Å². The zero-order chi connectivity index (χ0) is 25.1. The van der Waals surface area contributed by atoms with Crippen molar-refractivity contribution in [2.75, 3.05) is 15.9 Å². The lowest BCUT2D eigenvalue weighted by molar-refractivity contribution is -0.274. The first-order valence-electron chi connectivity index (χ1n) is 10.1. The van der Waals surface area contributed by atoms with Crippen LogP contribution in [0, 0.1) is 13.8 Å². The smallest absolute Gasteiger partial charge is 0.405 e. The number of hydrogen-bond donors (Lipinski definition) is 1. The Hall–Kier alpha value is -3.53. The molecule has 1 N–H and O–H groups in total. The lowest BCUT2D eigenvalue weighted by Gasteiger charge is -2.23. The molecule has 6 nitrogen and oxygen atoms in total. The number of sulfonamides is 1. The van der Waals surface area contributed by atoms with Gasteiger partial charge < -0.3 is 10.1 Å². The van der Waals surface area contributed by atoms with E-state index in [0.29, 0.717) is 16.9 Å². The number of ether oxygens (including phenoxy) is 1. The Morgan fingerprint density at radius 2 is 1.62 bits per heavy atom. The summed E-state index contributed by atoms with van der Waals surface area (Å²) in [5, 5.41) is 2.52. The fourth-order valence-corrected chi connectivity index (χ4v) is 4.09. The predicted molar refractivity (Wildman–Crippen MR) is 124 cm³/mol. The van der Waals surface area contributed by atoms with Gasteiger partial charge in [-0.2, -0.15) is 0 Å². The highest BCUT2D eigenvalue weighted by molar-refractivity contribution is 7.92. The van der Waals surface area contributed by atoms with Gasteiger partial charge in [-0.3, -0.25) is 9.10 Å². The largest absolute Gasteiger partial charge is 0.573 e. The van der Waals surface area contributed by atoms with Crippen LogP contribution >= 0.6 is 0 Å². The summed E-state index contributed by atoms with van der Waals surface area (Å²) >= 11 is 0. The molecule has 0 spiro atoms. The highest BCUT2D eigenvalue weighted by atomic mass is 32.2. The van der Waals surface area contributed by atoms with Crippen LogP contribution in [0.3, 0.4) is 0 Å². The number of hydrogen-bond acceptors (Lipinski definition) is 4. The number of nitrogens with zero attached hydrogens (tertiary/aromatic N) is 1. The first-order valence-corrected chi connectivity index (χ1v) is 12.0. The minimum absolute atomic E-state index is 0.0673. The van der Waals surface area contributed by atoms with E-state index in [1.807, 2.05) is 19.9 Å². The molecule has 0 aliphatic carbocycles. The fraction of sp³-hybridized carbons (Fsp3) is 0.208. The summed E-state index contributed by atoms with van der Waals surface area (Å²) < 4.78 is 67.8. The van der Waals surface area contributed by atoms with Crippen molar-refractivity contribution in [2.24, 2.45) is 0 Å². The molecular weight excluding hydrogens is 469 g/mol. The summed E-state index contributed by atoms with van der Waals surface area (Å²) in [4.78, 5) is 12.5. The molecule has 10 heteroatoms. The normalized spacial score (nSPS) is 11.7. The molecule has 3 aromatic carbocycles. The van der Waals surface area contributed by atoms with E-state index in [-0.39, 0.29) is 12.1 Å². The van der Waals surface area contributed by atoms with E-state index in [9.17, 15) is 26.4 Å². The van der Waals surface area contributed by atoms with Crippen LogP contribution in [0.5, 0.6) is 5.75 Å². The van der Waals surface area contributed by atoms with E-state index < -0.39 is 28.0 Å². The van der Waals surface area contributed by atoms with Crippen molar-refractivity contribution in [3.8, 4) is 5.75 Å². The van der Waals surface area contributed by atoms with Crippen LogP contribution in [0.1, 0.15) is 27.0 Å². The Morgan fingerprint density at radius 1 is 0.971 bits per heavy atom. The number of nitrogens with one attached hydrogen (secondary N) is 1. The van der Waals surface area contributed by atoms with Crippen molar-refractivity contribution in [2.45, 2.75) is 26.8 Å². The molecule has 0 radical (unpaired) electrons. The monoisotopic (exact) mass is 492 g/mol. The van der Waals surface area contributed by atoms with Crippen LogP contribution in [-0.2, 0) is 16.6 Å². The molecule has 0 atom stereocenters. The third-order valence-electron chi connectivity index (χ3n) is 5.07. The van der Waals surface area contributed by atoms with Gasteiger partial charge in [0.05, 0.1) is 24.1 Å². The molecule has 0 aromatic heterocycles. The highest BCUT2D eigenvalue weighted by Crippen LogP contribution is 2.27. The Balaban J connectivity index is 1.77. The number of carbonyl (C=O) groups is 1. The third kappa shape index (κ3) is 6.50. The van der Waals surface area contributed by atoms with Gasteiger partial charge in [0.15, 0.2) is 0 Å². The van der Waals surface area contributed by atoms with E-state index in [4.69, 9.17) is 0 Å². The average molecular weight is 493 g/mol. The number of carbonyl (C=O) groups excluding carboxylic acids is 1. The highest BCUT2D eigenvalue weighted by Gasteiger charge is 2.32. The van der Waals surface area contributed by atoms with Crippen molar-refractivity contribution < 1.29 is 31.1 Å². The number of aryl methyl sites for hydroxylation is 2. The zero-order valence-electron chi connectivity index (χ0n) is 18.7. The maximum Gasteiger partial charge on any atom is 0.573 e. The lowest BCUT2D eigenvalue weighted by atomic mass is 10.1. The Kier molecular flexibility index (Phi) is 7.21. The Bertz CT molecular complexity index is 1290. The maximum atomic E-state index is 12.6. The molecule has 180 valence electrons. The van der Waals surface area contributed by atoms with E-state index in [0.717, 1.165) is 23.4 Å². The summed E-state index contributed by atoms with van der Waals surface area (Å²) in [7, 11) is -3.57. The first kappa shape index (κ1) is 25.1. The second kappa shape index (κ2) is 9.76. The predicted octanol–water partition coefficient (Wildman–Crippen LogP) is 5.42. The van der Waals surface area contributed by atoms with Crippen LogP contribution in [-0.4, -0.2) is 26.9 Å². The van der Waals surface area contributed by atoms with Crippen molar-refractivity contribution in [1.82, 2.24) is 0 Å². The van der Waals surface area contributed by atoms with Crippen molar-refractivity contribution >= 4 is 27.3 Å². The minimum atomic E-state index is -4.93. The van der Waals surface area contributed by atoms with E-state index in [1.165, 1.54) is 22.5 Å². The van der Waals surface area contributed by atoms with Crippen LogP contribution < -0.4 is 14.4 Å². The molecule has 3 rings (SSSR count). The van der Waals surface area contributed by atoms with Crippen LogP contribution in [0.2, 0.25) is 0 Å². The van der Waals surface area contributed by atoms with Crippen molar-refractivity contribution in [3.05, 3.63) is 89.0 Å². The molecule has 0 heterocycles. The van der Waals surface area contributed by atoms with Crippen LogP contribution in [0.4, 0.5) is 24.5 Å². The van der Waals surface area contributed by atoms with E-state index in [1.54, 1.807) is 36.4 Å². The second-order valence-electron chi connectivity index (χ2n) is 7.73. The van der Waals surface area contributed by atoms with Crippen LogP contribution in [0.15, 0.2) is 66.7 Å². The van der Waals surface area contributed by atoms with Gasteiger partial charge in [0.1, 0.15) is 5.75 Å². The van der Waals surface area contributed by atoms with Crippen LogP contribution in [0.25, 0.3) is 0 Å². The summed E-state index contributed by atoms with van der Waals surface area (Å²) in [6.45, 7) is 3.90. The molecule has 1 amide bonds. The second-order valence-corrected chi connectivity index (χ2v) is 9.64. The minimum Gasteiger partial charge on any atom is -0.405 e. The number of amides is 1. The standard InChI is InChI=1S/C24H23F3N2O4S/c1-16-8-13-20(14-17(16)2)29(34(3,31)32)15-18-9-11-19(12-10-18)28-23(30)21-6-4-5-7-22(21)33-24(25,26)27/h4-14H,15H2,1-3H3,(H,28,30). The number of para-hydroxylation sites is 1. The number of anilines is 2. The van der Waals surface area contributed by atoms with Gasteiger partial charge in [0.2, 0.25) is 10.0 Å². The average Bonchev–Trinajstić information content (AvgIpc) is 2.73. The number of rotatable bonds is 7. The number of benzene rings is 3. The van der Waals surface area contributed by atoms with Gasteiger partial charge >= 0.3 is 6.36 Å². The third-order valence-corrected chi connectivity index (χ3v) is 6.21. The van der Waals surface area contributed by atoms with Gasteiger partial charge in [-0.25, -0.2) is 8.42 Å². The molecule has 0 aliphatic heterocycles. The van der Waals surface area contributed by atoms with Gasteiger partial charge in [-0.1, -0.05) is 30.3 Å². The van der Waals surface area contributed by atoms with Crippen molar-refractivity contribution in [1.29, 1.82) is 0 Å².